The molecule has 0 bridgehead atoms. The Morgan fingerprint density at radius 1 is 1.27 bits per heavy atom. The molecule has 0 spiro atoms. The molecule has 8 heteroatoms. The molecule has 1 amide bonds. The minimum absolute atomic E-state index is 0.0178. The number of anilines is 1. The van der Waals surface area contributed by atoms with E-state index >= 15 is 0 Å². The third kappa shape index (κ3) is 5.59. The number of hydrogen-bond acceptors (Lipinski definition) is 5. The first-order chi connectivity index (χ1) is 12.4. The first-order valence-corrected chi connectivity index (χ1v) is 8.31. The van der Waals surface area contributed by atoms with Crippen LogP contribution in [0.25, 0.3) is 0 Å². The highest BCUT2D eigenvalue weighted by Gasteiger charge is 2.22. The molecule has 2 rings (SSSR count). The van der Waals surface area contributed by atoms with Crippen molar-refractivity contribution in [3.63, 3.8) is 0 Å². The maximum Gasteiger partial charge on any atom is 0.407 e. The summed E-state index contributed by atoms with van der Waals surface area (Å²) in [5.74, 6) is -0.738. The summed E-state index contributed by atoms with van der Waals surface area (Å²) in [4.78, 5) is 11.6. The Kier molecular flexibility index (Phi) is 7.20. The normalized spacial score (nSPS) is 13.1. The van der Waals surface area contributed by atoms with Crippen molar-refractivity contribution < 1.29 is 24.1 Å². The van der Waals surface area contributed by atoms with E-state index in [4.69, 9.17) is 22.1 Å². The number of nitrogens with one attached hydrogen (secondary N) is 1. The van der Waals surface area contributed by atoms with Crippen LogP contribution in [0.5, 0.6) is 0 Å². The quantitative estimate of drug-likeness (QED) is 0.551. The van der Waals surface area contributed by atoms with Gasteiger partial charge in [-0.15, -0.1) is 0 Å². The van der Waals surface area contributed by atoms with Gasteiger partial charge in [0.2, 0.25) is 0 Å². The van der Waals surface area contributed by atoms with Crippen LogP contribution in [0.4, 0.5) is 14.9 Å². The van der Waals surface area contributed by atoms with Crippen molar-refractivity contribution in [3.05, 3.63) is 64.4 Å². The number of halogens is 2. The van der Waals surface area contributed by atoms with Gasteiger partial charge >= 0.3 is 6.09 Å². The maximum absolute atomic E-state index is 13.5. The Hall–Kier alpha value is -2.35. The van der Waals surface area contributed by atoms with E-state index in [1.165, 1.54) is 6.07 Å². The molecule has 5 N–H and O–H groups in total. The number of aliphatic hydroxyl groups is 2. The molecular weight excluding hydrogens is 363 g/mol. The van der Waals surface area contributed by atoms with E-state index in [0.29, 0.717) is 0 Å². The van der Waals surface area contributed by atoms with Crippen molar-refractivity contribution in [2.45, 2.75) is 25.2 Å². The zero-order valence-electron chi connectivity index (χ0n) is 13.9. The molecule has 140 valence electrons. The van der Waals surface area contributed by atoms with Crippen molar-refractivity contribution >= 4 is 23.4 Å². The number of alkyl carbamates (subject to hydrolysis) is 1. The van der Waals surface area contributed by atoms with Crippen molar-refractivity contribution in [1.29, 1.82) is 0 Å². The summed E-state index contributed by atoms with van der Waals surface area (Å²) in [5.41, 5.74) is 6.11. The lowest BCUT2D eigenvalue weighted by Crippen LogP contribution is -2.30. The third-order valence-electron chi connectivity index (χ3n) is 3.72. The third-order valence-corrected chi connectivity index (χ3v) is 4.05. The molecule has 0 aliphatic rings. The number of benzene rings is 2. The first-order valence-electron chi connectivity index (χ1n) is 7.93. The second-order valence-corrected chi connectivity index (χ2v) is 6.09. The lowest BCUT2D eigenvalue weighted by Gasteiger charge is -2.20. The maximum atomic E-state index is 13.5. The molecule has 6 nitrogen and oxygen atoms in total. The number of ether oxygens (including phenoxy) is 1. The van der Waals surface area contributed by atoms with Crippen LogP contribution in [0.15, 0.2) is 42.5 Å². The summed E-state index contributed by atoms with van der Waals surface area (Å²) >= 11 is 5.92. The molecular formula is C18H20ClFN2O4. The molecule has 2 aromatic rings. The van der Waals surface area contributed by atoms with Gasteiger partial charge in [-0.2, -0.15) is 0 Å². The summed E-state index contributed by atoms with van der Waals surface area (Å²) < 4.78 is 18.5. The van der Waals surface area contributed by atoms with Crippen LogP contribution in [-0.2, 0) is 11.3 Å². The second kappa shape index (κ2) is 9.38. The SMILES string of the molecule is Nc1cc(Cl)c(C(O)C(O)CCNC(=O)OCc2ccccc2)cc1F. The van der Waals surface area contributed by atoms with E-state index in [1.807, 2.05) is 30.3 Å². The zero-order valence-corrected chi connectivity index (χ0v) is 14.6. The van der Waals surface area contributed by atoms with Gasteiger partial charge in [-0.25, -0.2) is 9.18 Å². The highest BCUT2D eigenvalue weighted by molar-refractivity contribution is 6.31. The van der Waals surface area contributed by atoms with Gasteiger partial charge in [0.1, 0.15) is 18.5 Å². The molecule has 0 heterocycles. The lowest BCUT2D eigenvalue weighted by atomic mass is 10.0. The topological polar surface area (TPSA) is 105 Å². The number of carbonyl (C=O) groups excluding carboxylic acids is 1. The molecule has 2 aromatic carbocycles. The number of carbonyl (C=O) groups is 1. The van der Waals surface area contributed by atoms with Crippen LogP contribution in [-0.4, -0.2) is 29.0 Å². The molecule has 2 unspecified atom stereocenters. The number of amides is 1. The van der Waals surface area contributed by atoms with E-state index in [9.17, 15) is 19.4 Å². The minimum atomic E-state index is -1.42. The van der Waals surface area contributed by atoms with Crippen molar-refractivity contribution in [1.82, 2.24) is 5.32 Å². The van der Waals surface area contributed by atoms with Crippen LogP contribution in [0.2, 0.25) is 5.02 Å². The van der Waals surface area contributed by atoms with Gasteiger partial charge < -0.3 is 26.0 Å². The Labute approximate surface area is 155 Å². The smallest absolute Gasteiger partial charge is 0.407 e. The summed E-state index contributed by atoms with van der Waals surface area (Å²) in [7, 11) is 0. The van der Waals surface area contributed by atoms with Gasteiger partial charge in [-0.1, -0.05) is 41.9 Å². The van der Waals surface area contributed by atoms with Gasteiger partial charge in [-0.3, -0.25) is 0 Å². The molecule has 0 aromatic heterocycles. The summed E-state index contributed by atoms with van der Waals surface area (Å²) in [6.45, 7) is 0.180. The van der Waals surface area contributed by atoms with Crippen molar-refractivity contribution in [3.8, 4) is 0 Å². The highest BCUT2D eigenvalue weighted by Crippen LogP contribution is 2.29. The molecule has 26 heavy (non-hydrogen) atoms. The average molecular weight is 383 g/mol. The zero-order chi connectivity index (χ0) is 19.1. The van der Waals surface area contributed by atoms with Crippen LogP contribution in [0.1, 0.15) is 23.7 Å². The number of nitrogens with two attached hydrogens (primary N) is 1. The fraction of sp³-hybridized carbons (Fsp3) is 0.278. The van der Waals surface area contributed by atoms with Gasteiger partial charge in [0.15, 0.2) is 0 Å². The molecule has 0 radical (unpaired) electrons. The highest BCUT2D eigenvalue weighted by atomic mass is 35.5. The Morgan fingerprint density at radius 3 is 2.65 bits per heavy atom. The van der Waals surface area contributed by atoms with Gasteiger partial charge in [0.05, 0.1) is 11.8 Å². The van der Waals surface area contributed by atoms with Crippen LogP contribution in [0, 0.1) is 5.82 Å². The van der Waals surface area contributed by atoms with Crippen LogP contribution in [0.3, 0.4) is 0 Å². The fourth-order valence-electron chi connectivity index (χ4n) is 2.27. The molecule has 2 atom stereocenters. The second-order valence-electron chi connectivity index (χ2n) is 5.68. The van der Waals surface area contributed by atoms with E-state index < -0.39 is 24.1 Å². The summed E-state index contributed by atoms with van der Waals surface area (Å²) in [6, 6.07) is 11.3. The monoisotopic (exact) mass is 382 g/mol. The number of rotatable bonds is 7. The Balaban J connectivity index is 1.78. The van der Waals surface area contributed by atoms with Crippen molar-refractivity contribution in [2.75, 3.05) is 12.3 Å². The number of nitrogen functional groups attached to an aromatic ring is 1. The van der Waals surface area contributed by atoms with E-state index in [1.54, 1.807) is 0 Å². The van der Waals surface area contributed by atoms with Gasteiger partial charge in [0, 0.05) is 17.1 Å². The summed E-state index contributed by atoms with van der Waals surface area (Å²) in [5, 5.41) is 22.7. The molecule has 0 fully saturated rings. The molecule has 0 saturated carbocycles. The lowest BCUT2D eigenvalue weighted by molar-refractivity contribution is 0.0135. The molecule has 0 saturated heterocycles. The Bertz CT molecular complexity index is 745. The average Bonchev–Trinajstić information content (AvgIpc) is 2.63. The van der Waals surface area contributed by atoms with E-state index in [-0.39, 0.29) is 35.8 Å². The van der Waals surface area contributed by atoms with E-state index in [0.717, 1.165) is 11.6 Å². The summed E-state index contributed by atoms with van der Waals surface area (Å²) in [6.07, 6.45) is -3.30. The molecule has 0 aliphatic heterocycles. The van der Waals surface area contributed by atoms with Crippen LogP contribution >= 0.6 is 11.6 Å². The van der Waals surface area contributed by atoms with Gasteiger partial charge in [0.25, 0.3) is 0 Å². The fourth-order valence-corrected chi connectivity index (χ4v) is 2.55. The predicted octanol–water partition coefficient (Wildman–Crippen LogP) is 2.77. The van der Waals surface area contributed by atoms with Crippen LogP contribution < -0.4 is 11.1 Å². The predicted molar refractivity (Wildman–Crippen MR) is 96.0 cm³/mol. The first kappa shape index (κ1) is 20.0. The molecule has 0 aliphatic carbocycles. The van der Waals surface area contributed by atoms with Crippen molar-refractivity contribution in [2.24, 2.45) is 0 Å². The standard InChI is InChI=1S/C18H20ClFN2O4/c19-13-9-15(21)14(20)8-12(13)17(24)16(23)6-7-22-18(25)26-10-11-4-2-1-3-5-11/h1-5,8-9,16-17,23-24H,6-7,10,21H2,(H,22,25). The minimum Gasteiger partial charge on any atom is -0.445 e. The van der Waals surface area contributed by atoms with Gasteiger partial charge in [-0.05, 0) is 24.1 Å². The largest absolute Gasteiger partial charge is 0.445 e. The Morgan fingerprint density at radius 2 is 1.96 bits per heavy atom. The number of aliphatic hydroxyl groups excluding tert-OH is 2. The number of hydrogen-bond donors (Lipinski definition) is 4. The van der Waals surface area contributed by atoms with E-state index in [2.05, 4.69) is 5.32 Å².